The minimum atomic E-state index is -4.34. The van der Waals surface area contributed by atoms with Crippen LogP contribution in [0, 0.1) is 0 Å². The predicted molar refractivity (Wildman–Crippen MR) is 98.7 cm³/mol. The lowest BCUT2D eigenvalue weighted by atomic mass is 10.1. The average molecular weight is 393 g/mol. The van der Waals surface area contributed by atoms with Crippen molar-refractivity contribution in [2.75, 3.05) is 7.11 Å². The van der Waals surface area contributed by atoms with Crippen LogP contribution in [-0.4, -0.2) is 21.9 Å². The van der Waals surface area contributed by atoms with E-state index in [-0.39, 0.29) is 0 Å². The highest BCUT2D eigenvalue weighted by Gasteiger charge is 2.30. The van der Waals surface area contributed by atoms with Crippen LogP contribution in [0.4, 0.5) is 13.2 Å². The second-order valence-corrected chi connectivity index (χ2v) is 6.71. The second-order valence-electron chi connectivity index (χ2n) is 5.77. The molecule has 0 aliphatic heterocycles. The molecule has 8 heteroatoms. The normalized spacial score (nSPS) is 11.6. The number of alkyl halides is 3. The summed E-state index contributed by atoms with van der Waals surface area (Å²) in [6.07, 6.45) is -4.34. The highest BCUT2D eigenvalue weighted by molar-refractivity contribution is 7.98. The summed E-state index contributed by atoms with van der Waals surface area (Å²) in [5.41, 5.74) is 0.846. The van der Waals surface area contributed by atoms with Gasteiger partial charge in [-0.1, -0.05) is 30.0 Å². The molecule has 0 saturated heterocycles. The van der Waals surface area contributed by atoms with Gasteiger partial charge in [0.25, 0.3) is 0 Å². The van der Waals surface area contributed by atoms with Gasteiger partial charge in [-0.25, -0.2) is 0 Å². The van der Waals surface area contributed by atoms with E-state index in [0.29, 0.717) is 28.8 Å². The molecule has 0 aliphatic rings. The number of hydrogen-bond acceptors (Lipinski definition) is 4. The van der Waals surface area contributed by atoms with Crippen LogP contribution in [0.5, 0.6) is 5.75 Å². The molecule has 142 valence electrons. The highest BCUT2D eigenvalue weighted by atomic mass is 32.2. The third-order valence-electron chi connectivity index (χ3n) is 4.00. The quantitative estimate of drug-likeness (QED) is 0.534. The molecule has 3 rings (SSSR count). The molecule has 0 fully saturated rings. The highest BCUT2D eigenvalue weighted by Crippen LogP contribution is 2.32. The summed E-state index contributed by atoms with van der Waals surface area (Å²) >= 11 is 1.36. The van der Waals surface area contributed by atoms with E-state index >= 15 is 0 Å². The van der Waals surface area contributed by atoms with Crippen molar-refractivity contribution < 1.29 is 17.9 Å². The van der Waals surface area contributed by atoms with Crippen LogP contribution < -0.4 is 4.74 Å². The Balaban J connectivity index is 1.79. The number of rotatable bonds is 6. The van der Waals surface area contributed by atoms with Crippen LogP contribution in [0.1, 0.15) is 18.1 Å². The molecule has 1 aromatic heterocycles. The first-order valence-electron chi connectivity index (χ1n) is 8.29. The van der Waals surface area contributed by atoms with Gasteiger partial charge in [0.1, 0.15) is 5.75 Å². The maximum atomic E-state index is 12.9. The molecule has 0 saturated carbocycles. The van der Waals surface area contributed by atoms with Crippen molar-refractivity contribution in [3.8, 4) is 17.1 Å². The first-order chi connectivity index (χ1) is 12.9. The second kappa shape index (κ2) is 8.04. The Bertz CT molecular complexity index is 907. The lowest BCUT2D eigenvalue weighted by Gasteiger charge is -2.10. The van der Waals surface area contributed by atoms with Crippen molar-refractivity contribution in [2.45, 2.75) is 30.6 Å². The molecular weight excluding hydrogens is 375 g/mol. The van der Waals surface area contributed by atoms with Gasteiger partial charge in [0.2, 0.25) is 0 Å². The van der Waals surface area contributed by atoms with Crippen LogP contribution in [-0.2, 0) is 18.5 Å². The van der Waals surface area contributed by atoms with Crippen molar-refractivity contribution in [2.24, 2.45) is 0 Å². The monoisotopic (exact) mass is 393 g/mol. The van der Waals surface area contributed by atoms with Crippen molar-refractivity contribution >= 4 is 11.8 Å². The van der Waals surface area contributed by atoms with Gasteiger partial charge >= 0.3 is 6.18 Å². The summed E-state index contributed by atoms with van der Waals surface area (Å²) in [5, 5.41) is 9.14. The molecule has 1 heterocycles. The number of hydrogen-bond donors (Lipinski definition) is 0. The molecule has 4 nitrogen and oxygen atoms in total. The lowest BCUT2D eigenvalue weighted by Crippen LogP contribution is -2.05. The molecule has 0 radical (unpaired) electrons. The Labute approximate surface area is 159 Å². The number of ether oxygens (including phenoxy) is 1. The topological polar surface area (TPSA) is 39.9 Å². The third-order valence-corrected chi connectivity index (χ3v) is 5.04. The third kappa shape index (κ3) is 4.44. The van der Waals surface area contributed by atoms with Crippen LogP contribution in [0.15, 0.2) is 53.7 Å². The van der Waals surface area contributed by atoms with E-state index in [9.17, 15) is 13.2 Å². The van der Waals surface area contributed by atoms with Crippen molar-refractivity contribution in [1.82, 2.24) is 14.8 Å². The summed E-state index contributed by atoms with van der Waals surface area (Å²) < 4.78 is 45.7. The zero-order chi connectivity index (χ0) is 19.4. The summed E-state index contributed by atoms with van der Waals surface area (Å²) in [6, 6.07) is 12.8. The van der Waals surface area contributed by atoms with E-state index in [2.05, 4.69) is 10.2 Å². The minimum Gasteiger partial charge on any atom is -0.497 e. The molecule has 0 spiro atoms. The smallest absolute Gasteiger partial charge is 0.416 e. The number of benzene rings is 2. The van der Waals surface area contributed by atoms with Crippen molar-refractivity contribution in [3.63, 3.8) is 0 Å². The predicted octanol–water partition coefficient (Wildman–Crippen LogP) is 5.28. The van der Waals surface area contributed by atoms with E-state index < -0.39 is 11.7 Å². The SMILES string of the molecule is CCn1c(SCc2cccc(C(F)(F)F)c2)nnc1-c1ccc(OC)cc1. The number of aromatic nitrogens is 3. The summed E-state index contributed by atoms with van der Waals surface area (Å²) in [5.74, 6) is 1.84. The van der Waals surface area contributed by atoms with E-state index in [1.54, 1.807) is 13.2 Å². The Hall–Kier alpha value is -2.48. The number of methoxy groups -OCH3 is 1. The Morgan fingerprint density at radius 1 is 1.07 bits per heavy atom. The number of nitrogens with zero attached hydrogens (tertiary/aromatic N) is 3. The van der Waals surface area contributed by atoms with Gasteiger partial charge in [-0.2, -0.15) is 13.2 Å². The fraction of sp³-hybridized carbons (Fsp3) is 0.263. The fourth-order valence-electron chi connectivity index (χ4n) is 2.62. The van der Waals surface area contributed by atoms with Gasteiger partial charge in [0.15, 0.2) is 11.0 Å². The molecule has 2 aromatic carbocycles. The summed E-state index contributed by atoms with van der Waals surface area (Å²) in [7, 11) is 1.60. The number of halogens is 3. The van der Waals surface area contributed by atoms with Crippen LogP contribution in [0.2, 0.25) is 0 Å². The average Bonchev–Trinajstić information content (AvgIpc) is 3.09. The van der Waals surface area contributed by atoms with Crippen molar-refractivity contribution in [1.29, 1.82) is 0 Å². The largest absolute Gasteiger partial charge is 0.497 e. The van der Waals surface area contributed by atoms with E-state index in [1.165, 1.54) is 23.9 Å². The molecule has 27 heavy (non-hydrogen) atoms. The van der Waals surface area contributed by atoms with Crippen LogP contribution in [0.25, 0.3) is 11.4 Å². The van der Waals surface area contributed by atoms with Crippen LogP contribution >= 0.6 is 11.8 Å². The van der Waals surface area contributed by atoms with E-state index in [0.717, 1.165) is 17.4 Å². The Morgan fingerprint density at radius 3 is 2.44 bits per heavy atom. The first kappa shape index (κ1) is 19.3. The first-order valence-corrected chi connectivity index (χ1v) is 9.27. The van der Waals surface area contributed by atoms with E-state index in [1.807, 2.05) is 35.8 Å². The molecule has 0 unspecified atom stereocenters. The van der Waals surface area contributed by atoms with Gasteiger partial charge in [0.05, 0.1) is 12.7 Å². The van der Waals surface area contributed by atoms with Gasteiger partial charge < -0.3 is 9.30 Å². The molecule has 0 atom stereocenters. The molecule has 0 bridgehead atoms. The van der Waals surface area contributed by atoms with Crippen molar-refractivity contribution in [3.05, 3.63) is 59.7 Å². The Morgan fingerprint density at radius 2 is 1.81 bits per heavy atom. The maximum absolute atomic E-state index is 12.9. The van der Waals surface area contributed by atoms with E-state index in [4.69, 9.17) is 4.74 Å². The lowest BCUT2D eigenvalue weighted by molar-refractivity contribution is -0.137. The number of thioether (sulfide) groups is 1. The molecular formula is C19H18F3N3OS. The van der Waals surface area contributed by atoms with Crippen LogP contribution in [0.3, 0.4) is 0 Å². The van der Waals surface area contributed by atoms with Gasteiger partial charge in [-0.15, -0.1) is 10.2 Å². The minimum absolute atomic E-state index is 0.380. The summed E-state index contributed by atoms with van der Waals surface area (Å²) in [4.78, 5) is 0. The fourth-order valence-corrected chi connectivity index (χ4v) is 3.56. The van der Waals surface area contributed by atoms with Gasteiger partial charge in [-0.3, -0.25) is 0 Å². The summed E-state index contributed by atoms with van der Waals surface area (Å²) in [6.45, 7) is 2.63. The molecule has 0 N–H and O–H groups in total. The zero-order valence-corrected chi connectivity index (χ0v) is 15.6. The zero-order valence-electron chi connectivity index (χ0n) is 14.8. The molecule has 3 aromatic rings. The molecule has 0 amide bonds. The van der Waals surface area contributed by atoms with Gasteiger partial charge in [-0.05, 0) is 42.8 Å². The Kier molecular flexibility index (Phi) is 5.74. The molecule has 0 aliphatic carbocycles. The van der Waals surface area contributed by atoms with Gasteiger partial charge in [0, 0.05) is 17.9 Å². The maximum Gasteiger partial charge on any atom is 0.416 e. The standard InChI is InChI=1S/C19H18F3N3OS/c1-3-25-17(14-7-9-16(26-2)10-8-14)23-24-18(25)27-12-13-5-4-6-15(11-13)19(20,21)22/h4-11H,3,12H2,1-2H3.